The molecule has 0 bridgehead atoms. The lowest BCUT2D eigenvalue weighted by Crippen LogP contribution is -2.49. The van der Waals surface area contributed by atoms with E-state index in [-0.39, 0.29) is 6.04 Å². The Balaban J connectivity index is 1.99. The van der Waals surface area contributed by atoms with E-state index in [1.165, 1.54) is 0 Å². The van der Waals surface area contributed by atoms with Crippen molar-refractivity contribution in [1.82, 2.24) is 9.88 Å². The van der Waals surface area contributed by atoms with E-state index in [0.717, 1.165) is 29.8 Å². The van der Waals surface area contributed by atoms with E-state index in [1.807, 2.05) is 11.8 Å². The molecule has 2 rings (SSSR count). The number of piperazine rings is 1. The number of halogens is 3. The van der Waals surface area contributed by atoms with Crippen molar-refractivity contribution in [1.29, 1.82) is 0 Å². The molecule has 1 fully saturated rings. The summed E-state index contributed by atoms with van der Waals surface area (Å²) in [6.07, 6.45) is 0.993. The van der Waals surface area contributed by atoms with Gasteiger partial charge in [0.2, 0.25) is 0 Å². The summed E-state index contributed by atoms with van der Waals surface area (Å²) in [6, 6.07) is 0.0594. The van der Waals surface area contributed by atoms with Gasteiger partial charge in [-0.05, 0) is 6.92 Å². The Morgan fingerprint density at radius 3 is 2.47 bits per heavy atom. The Morgan fingerprint density at radius 1 is 1.37 bits per heavy atom. The van der Waals surface area contributed by atoms with Crippen molar-refractivity contribution in [2.75, 3.05) is 31.1 Å². The van der Waals surface area contributed by atoms with Crippen LogP contribution in [-0.2, 0) is 6.18 Å². The molecule has 2 heterocycles. The smallest absolute Gasteiger partial charge is 0.346 e. The Labute approximate surface area is 114 Å². The third kappa shape index (κ3) is 3.19. The quantitative estimate of drug-likeness (QED) is 0.779. The van der Waals surface area contributed by atoms with Gasteiger partial charge >= 0.3 is 6.18 Å². The lowest BCUT2D eigenvalue weighted by atomic mass is 10.2. The summed E-state index contributed by atoms with van der Waals surface area (Å²) in [5.74, 6) is 2.66. The van der Waals surface area contributed by atoms with Gasteiger partial charge in [0.05, 0.1) is 6.04 Å². The molecule has 0 N–H and O–H groups in total. The van der Waals surface area contributed by atoms with Crippen molar-refractivity contribution in [3.63, 3.8) is 0 Å². The van der Waals surface area contributed by atoms with Gasteiger partial charge in [-0.15, -0.1) is 17.8 Å². The maximum atomic E-state index is 12.5. The van der Waals surface area contributed by atoms with Gasteiger partial charge in [-0.25, -0.2) is 4.98 Å². The fraction of sp³-hybridized carbons (Fsp3) is 0.583. The van der Waals surface area contributed by atoms with Crippen molar-refractivity contribution in [3.8, 4) is 12.3 Å². The van der Waals surface area contributed by atoms with Crippen LogP contribution in [0.1, 0.15) is 12.6 Å². The molecule has 3 nitrogen and oxygen atoms in total. The van der Waals surface area contributed by atoms with Crippen LogP contribution >= 0.6 is 11.3 Å². The number of hydrogen-bond acceptors (Lipinski definition) is 4. The first-order valence-corrected chi connectivity index (χ1v) is 6.77. The molecule has 1 unspecified atom stereocenters. The largest absolute Gasteiger partial charge is 0.434 e. The molecule has 0 amide bonds. The molecule has 1 aromatic heterocycles. The molecule has 1 aliphatic rings. The Hall–Kier alpha value is -1.26. The summed E-state index contributed by atoms with van der Waals surface area (Å²) in [6.45, 7) is 4.73. The molecule has 104 valence electrons. The molecule has 1 atom stereocenters. The average Bonchev–Trinajstić information content (AvgIpc) is 2.87. The second-order valence-electron chi connectivity index (χ2n) is 4.38. The van der Waals surface area contributed by atoms with Gasteiger partial charge in [0.15, 0.2) is 10.8 Å². The normalized spacial score (nSPS) is 19.2. The van der Waals surface area contributed by atoms with Crippen LogP contribution in [0.25, 0.3) is 0 Å². The van der Waals surface area contributed by atoms with E-state index in [0.29, 0.717) is 18.2 Å². The molecule has 0 aromatic carbocycles. The van der Waals surface area contributed by atoms with E-state index in [1.54, 1.807) is 0 Å². The third-order valence-corrected chi connectivity index (χ3v) is 4.06. The molecular weight excluding hydrogens is 275 g/mol. The monoisotopic (exact) mass is 289 g/mol. The zero-order chi connectivity index (χ0) is 14.0. The van der Waals surface area contributed by atoms with Crippen LogP contribution in [0.3, 0.4) is 0 Å². The number of thiazole rings is 1. The van der Waals surface area contributed by atoms with Gasteiger partial charge < -0.3 is 4.90 Å². The fourth-order valence-electron chi connectivity index (χ4n) is 1.95. The second-order valence-corrected chi connectivity index (χ2v) is 5.22. The standard InChI is InChI=1S/C12H14F3N3S/c1-3-9(2)17-4-6-18(7-5-17)11-16-10(8-19-11)12(13,14)15/h1,8-9H,4-7H2,2H3. The minimum Gasteiger partial charge on any atom is -0.346 e. The third-order valence-electron chi connectivity index (χ3n) is 3.16. The van der Waals surface area contributed by atoms with Gasteiger partial charge in [0, 0.05) is 31.6 Å². The molecule has 19 heavy (non-hydrogen) atoms. The summed E-state index contributed by atoms with van der Waals surface area (Å²) in [7, 11) is 0. The molecular formula is C12H14F3N3S. The van der Waals surface area contributed by atoms with Crippen LogP contribution in [0.5, 0.6) is 0 Å². The summed E-state index contributed by atoms with van der Waals surface area (Å²) in [5, 5.41) is 1.49. The molecule has 7 heteroatoms. The van der Waals surface area contributed by atoms with Crippen molar-refractivity contribution >= 4 is 16.5 Å². The zero-order valence-electron chi connectivity index (χ0n) is 10.4. The maximum Gasteiger partial charge on any atom is 0.434 e. The number of rotatable bonds is 2. The average molecular weight is 289 g/mol. The highest BCUT2D eigenvalue weighted by Gasteiger charge is 2.34. The summed E-state index contributed by atoms with van der Waals surface area (Å²) >= 11 is 1.03. The molecule has 0 radical (unpaired) electrons. The number of anilines is 1. The van der Waals surface area contributed by atoms with Crippen LogP contribution in [0.2, 0.25) is 0 Å². The Morgan fingerprint density at radius 2 is 2.00 bits per heavy atom. The molecule has 1 aromatic rings. The number of alkyl halides is 3. The lowest BCUT2D eigenvalue weighted by Gasteiger charge is -2.36. The minimum atomic E-state index is -4.37. The van der Waals surface area contributed by atoms with Crippen LogP contribution < -0.4 is 4.90 Å². The van der Waals surface area contributed by atoms with E-state index >= 15 is 0 Å². The molecule has 0 aliphatic carbocycles. The van der Waals surface area contributed by atoms with Crippen LogP contribution in [0.15, 0.2) is 5.38 Å². The van der Waals surface area contributed by atoms with E-state index in [2.05, 4.69) is 15.8 Å². The second kappa shape index (κ2) is 5.39. The van der Waals surface area contributed by atoms with E-state index < -0.39 is 11.9 Å². The highest BCUT2D eigenvalue weighted by molar-refractivity contribution is 7.13. The predicted octanol–water partition coefficient (Wildman–Crippen LogP) is 2.31. The van der Waals surface area contributed by atoms with Crippen molar-refractivity contribution in [2.24, 2.45) is 0 Å². The zero-order valence-corrected chi connectivity index (χ0v) is 11.3. The van der Waals surface area contributed by atoms with Crippen LogP contribution in [0.4, 0.5) is 18.3 Å². The van der Waals surface area contributed by atoms with Gasteiger partial charge in [-0.3, -0.25) is 4.90 Å². The molecule has 1 saturated heterocycles. The van der Waals surface area contributed by atoms with E-state index in [4.69, 9.17) is 6.42 Å². The van der Waals surface area contributed by atoms with Crippen molar-refractivity contribution in [2.45, 2.75) is 19.1 Å². The Kier molecular flexibility index (Phi) is 4.02. The van der Waals surface area contributed by atoms with Crippen LogP contribution in [-0.4, -0.2) is 42.1 Å². The summed E-state index contributed by atoms with van der Waals surface area (Å²) in [5.41, 5.74) is -0.813. The summed E-state index contributed by atoms with van der Waals surface area (Å²) in [4.78, 5) is 7.66. The van der Waals surface area contributed by atoms with Crippen LogP contribution in [0, 0.1) is 12.3 Å². The van der Waals surface area contributed by atoms with Gasteiger partial charge in [0.25, 0.3) is 0 Å². The SMILES string of the molecule is C#CC(C)N1CCN(c2nc(C(F)(F)F)cs2)CC1. The summed E-state index contributed by atoms with van der Waals surface area (Å²) < 4.78 is 37.4. The number of nitrogens with zero attached hydrogens (tertiary/aromatic N) is 3. The van der Waals surface area contributed by atoms with Crippen molar-refractivity contribution < 1.29 is 13.2 Å². The topological polar surface area (TPSA) is 19.4 Å². The highest BCUT2D eigenvalue weighted by atomic mass is 32.1. The Bertz CT molecular complexity index is 469. The number of terminal acetylenes is 1. The number of aromatic nitrogens is 1. The first-order valence-electron chi connectivity index (χ1n) is 5.89. The first kappa shape index (κ1) is 14.2. The van der Waals surface area contributed by atoms with Gasteiger partial charge in [-0.2, -0.15) is 13.2 Å². The fourth-order valence-corrected chi connectivity index (χ4v) is 2.83. The number of hydrogen-bond donors (Lipinski definition) is 0. The van der Waals surface area contributed by atoms with Gasteiger partial charge in [0.1, 0.15) is 0 Å². The lowest BCUT2D eigenvalue weighted by molar-refractivity contribution is -0.140. The molecule has 1 aliphatic heterocycles. The van der Waals surface area contributed by atoms with E-state index in [9.17, 15) is 13.2 Å². The van der Waals surface area contributed by atoms with Gasteiger partial charge in [-0.1, -0.05) is 5.92 Å². The molecule has 0 saturated carbocycles. The van der Waals surface area contributed by atoms with Crippen molar-refractivity contribution in [3.05, 3.63) is 11.1 Å². The first-order chi connectivity index (χ1) is 8.91. The molecule has 0 spiro atoms. The minimum absolute atomic E-state index is 0.0594. The highest BCUT2D eigenvalue weighted by Crippen LogP contribution is 2.33. The predicted molar refractivity (Wildman–Crippen MR) is 69.2 cm³/mol. The maximum absolute atomic E-state index is 12.5.